The topological polar surface area (TPSA) is 94.8 Å². The average Bonchev–Trinajstić information content (AvgIpc) is 2.08. The smallest absolute Gasteiger partial charge is 0.336 e. The second-order valence-electron chi connectivity index (χ2n) is 2.78. The van der Waals surface area contributed by atoms with Crippen molar-refractivity contribution in [2.45, 2.75) is 6.92 Å². The number of carboxylic acids is 2. The summed E-state index contributed by atoms with van der Waals surface area (Å²) in [6.07, 6.45) is 0. The predicted molar refractivity (Wildman–Crippen MR) is 46.8 cm³/mol. The quantitative estimate of drug-likeness (QED) is 0.658. The van der Waals surface area contributed by atoms with Crippen LogP contribution in [0.15, 0.2) is 12.1 Å². The molecule has 5 nitrogen and oxygen atoms in total. The number of phenolic OH excluding ortho intramolecular Hbond substituents is 1. The number of hydrogen-bond acceptors (Lipinski definition) is 3. The van der Waals surface area contributed by atoms with E-state index in [1.54, 1.807) is 0 Å². The molecule has 1 rings (SSSR count). The summed E-state index contributed by atoms with van der Waals surface area (Å²) in [5.41, 5.74) is -0.296. The molecule has 74 valence electrons. The minimum absolute atomic E-state index is 0.155. The lowest BCUT2D eigenvalue weighted by Gasteiger charge is -2.04. The number of benzene rings is 1. The van der Waals surface area contributed by atoms with Gasteiger partial charge < -0.3 is 15.3 Å². The molecule has 0 heterocycles. The summed E-state index contributed by atoms with van der Waals surface area (Å²) in [7, 11) is 0. The van der Waals surface area contributed by atoms with Crippen LogP contribution in [-0.2, 0) is 0 Å². The average molecular weight is 196 g/mol. The van der Waals surface area contributed by atoms with Crippen LogP contribution in [0.3, 0.4) is 0 Å². The van der Waals surface area contributed by atoms with Crippen molar-refractivity contribution in [2.24, 2.45) is 0 Å². The van der Waals surface area contributed by atoms with E-state index in [9.17, 15) is 14.7 Å². The largest absolute Gasteiger partial charge is 0.508 e. The zero-order valence-corrected chi connectivity index (χ0v) is 7.31. The van der Waals surface area contributed by atoms with Crippen LogP contribution in [0.25, 0.3) is 0 Å². The maximum atomic E-state index is 10.6. The standard InChI is InChI=1S/C9H8O5/c1-4-6(9(13)14)2-5(8(11)12)3-7(4)10/h2-3,10H,1H3,(H,11,12)(H,13,14). The fourth-order valence-electron chi connectivity index (χ4n) is 1.04. The molecule has 0 amide bonds. The second-order valence-corrected chi connectivity index (χ2v) is 2.78. The normalized spacial score (nSPS) is 9.79. The molecule has 0 saturated carbocycles. The Bertz CT molecular complexity index is 408. The first-order valence-corrected chi connectivity index (χ1v) is 3.73. The third kappa shape index (κ3) is 1.66. The lowest BCUT2D eigenvalue weighted by molar-refractivity contribution is 0.0695. The highest BCUT2D eigenvalue weighted by molar-refractivity contribution is 5.95. The van der Waals surface area contributed by atoms with Gasteiger partial charge in [-0.15, -0.1) is 0 Å². The van der Waals surface area contributed by atoms with Crippen LogP contribution in [0.1, 0.15) is 26.3 Å². The van der Waals surface area contributed by atoms with Gasteiger partial charge in [-0.1, -0.05) is 0 Å². The third-order valence-electron chi connectivity index (χ3n) is 1.86. The summed E-state index contributed by atoms with van der Waals surface area (Å²) in [5, 5.41) is 26.5. The summed E-state index contributed by atoms with van der Waals surface area (Å²) < 4.78 is 0. The SMILES string of the molecule is Cc1c(O)cc(C(=O)O)cc1C(=O)O. The molecule has 5 heteroatoms. The van der Waals surface area contributed by atoms with Gasteiger partial charge in [-0.05, 0) is 19.1 Å². The summed E-state index contributed by atoms with van der Waals surface area (Å²) >= 11 is 0. The molecule has 0 aliphatic rings. The highest BCUT2D eigenvalue weighted by atomic mass is 16.4. The zero-order chi connectivity index (χ0) is 10.9. The monoisotopic (exact) mass is 196 g/mol. The lowest BCUT2D eigenvalue weighted by Crippen LogP contribution is -2.04. The van der Waals surface area contributed by atoms with Crippen molar-refractivity contribution in [1.82, 2.24) is 0 Å². The number of carbonyl (C=O) groups is 2. The van der Waals surface area contributed by atoms with Gasteiger partial charge in [0.15, 0.2) is 0 Å². The van der Waals surface area contributed by atoms with E-state index < -0.39 is 11.9 Å². The second kappa shape index (κ2) is 3.37. The Balaban J connectivity index is 3.43. The zero-order valence-electron chi connectivity index (χ0n) is 7.31. The molecule has 0 aromatic heterocycles. The van der Waals surface area contributed by atoms with Crippen molar-refractivity contribution in [3.8, 4) is 5.75 Å². The summed E-state index contributed by atoms with van der Waals surface area (Å²) in [4.78, 5) is 21.2. The first-order chi connectivity index (χ1) is 6.43. The molecule has 0 saturated heterocycles. The molecule has 3 N–H and O–H groups in total. The van der Waals surface area contributed by atoms with Crippen molar-refractivity contribution in [3.05, 3.63) is 28.8 Å². The van der Waals surface area contributed by atoms with E-state index in [0.717, 1.165) is 12.1 Å². The van der Waals surface area contributed by atoms with Crippen LogP contribution in [0, 0.1) is 6.92 Å². The van der Waals surface area contributed by atoms with E-state index in [0.29, 0.717) is 0 Å². The number of phenols is 1. The van der Waals surface area contributed by atoms with Gasteiger partial charge in [0.05, 0.1) is 11.1 Å². The minimum Gasteiger partial charge on any atom is -0.508 e. The van der Waals surface area contributed by atoms with Gasteiger partial charge in [0.25, 0.3) is 0 Å². The molecule has 0 aliphatic carbocycles. The molecule has 0 atom stereocenters. The highest BCUT2D eigenvalue weighted by Gasteiger charge is 2.15. The Morgan fingerprint density at radius 1 is 1.14 bits per heavy atom. The van der Waals surface area contributed by atoms with Crippen LogP contribution < -0.4 is 0 Å². The Labute approximate surface area is 79.2 Å². The maximum Gasteiger partial charge on any atom is 0.336 e. The maximum absolute atomic E-state index is 10.6. The molecule has 0 spiro atoms. The van der Waals surface area contributed by atoms with Crippen LogP contribution in [0.5, 0.6) is 5.75 Å². The van der Waals surface area contributed by atoms with E-state index in [-0.39, 0.29) is 22.4 Å². The first kappa shape index (κ1) is 10.0. The molecule has 0 bridgehead atoms. The summed E-state index contributed by atoms with van der Waals surface area (Å²) in [6.45, 7) is 1.41. The summed E-state index contributed by atoms with van der Waals surface area (Å²) in [5.74, 6) is -2.87. The van der Waals surface area contributed by atoms with E-state index in [1.807, 2.05) is 0 Å². The van der Waals surface area contributed by atoms with Crippen LogP contribution in [0.2, 0.25) is 0 Å². The third-order valence-corrected chi connectivity index (χ3v) is 1.86. The van der Waals surface area contributed by atoms with E-state index in [2.05, 4.69) is 0 Å². The molecule has 0 fully saturated rings. The van der Waals surface area contributed by atoms with Gasteiger partial charge in [0.1, 0.15) is 5.75 Å². The van der Waals surface area contributed by atoms with E-state index >= 15 is 0 Å². The Hall–Kier alpha value is -2.04. The van der Waals surface area contributed by atoms with Gasteiger partial charge in [0.2, 0.25) is 0 Å². The van der Waals surface area contributed by atoms with E-state index in [1.165, 1.54) is 6.92 Å². The molecule has 1 aromatic carbocycles. The van der Waals surface area contributed by atoms with Crippen molar-refractivity contribution in [2.75, 3.05) is 0 Å². The van der Waals surface area contributed by atoms with Crippen LogP contribution in [-0.4, -0.2) is 27.3 Å². The number of rotatable bonds is 2. The van der Waals surface area contributed by atoms with Gasteiger partial charge in [-0.3, -0.25) is 0 Å². The van der Waals surface area contributed by atoms with E-state index in [4.69, 9.17) is 10.2 Å². The van der Waals surface area contributed by atoms with Crippen molar-refractivity contribution in [1.29, 1.82) is 0 Å². The number of aromatic hydroxyl groups is 1. The van der Waals surface area contributed by atoms with Crippen molar-refractivity contribution >= 4 is 11.9 Å². The van der Waals surface area contributed by atoms with Gasteiger partial charge >= 0.3 is 11.9 Å². The fraction of sp³-hybridized carbons (Fsp3) is 0.111. The number of carboxylic acid groups (broad SMARTS) is 2. The molecule has 0 unspecified atom stereocenters. The lowest BCUT2D eigenvalue weighted by atomic mass is 10.0. The highest BCUT2D eigenvalue weighted by Crippen LogP contribution is 2.22. The first-order valence-electron chi connectivity index (χ1n) is 3.73. The Kier molecular flexibility index (Phi) is 2.42. The molecule has 14 heavy (non-hydrogen) atoms. The van der Waals surface area contributed by atoms with Crippen molar-refractivity contribution < 1.29 is 24.9 Å². The Morgan fingerprint density at radius 2 is 1.71 bits per heavy atom. The van der Waals surface area contributed by atoms with Crippen molar-refractivity contribution in [3.63, 3.8) is 0 Å². The Morgan fingerprint density at radius 3 is 2.14 bits per heavy atom. The van der Waals surface area contributed by atoms with Gasteiger partial charge in [0, 0.05) is 5.56 Å². The molecular weight excluding hydrogens is 188 g/mol. The van der Waals surface area contributed by atoms with Crippen LogP contribution in [0.4, 0.5) is 0 Å². The predicted octanol–water partition coefficient (Wildman–Crippen LogP) is 1.10. The fourth-order valence-corrected chi connectivity index (χ4v) is 1.04. The minimum atomic E-state index is -1.28. The summed E-state index contributed by atoms with van der Waals surface area (Å²) in [6, 6.07) is 2.03. The number of hydrogen-bond donors (Lipinski definition) is 3. The van der Waals surface area contributed by atoms with Gasteiger partial charge in [-0.25, -0.2) is 9.59 Å². The molecule has 1 aromatic rings. The molecular formula is C9H8O5. The van der Waals surface area contributed by atoms with Gasteiger partial charge in [-0.2, -0.15) is 0 Å². The van der Waals surface area contributed by atoms with Crippen LogP contribution >= 0.6 is 0 Å². The molecule has 0 aliphatic heterocycles. The molecule has 0 radical (unpaired) electrons. The number of aromatic carboxylic acids is 2.